The summed E-state index contributed by atoms with van der Waals surface area (Å²) in [6.07, 6.45) is 4.13. The third kappa shape index (κ3) is 0.996. The van der Waals surface area contributed by atoms with E-state index in [0.29, 0.717) is 0 Å². The number of anilines is 1. The van der Waals surface area contributed by atoms with E-state index in [9.17, 15) is 0 Å². The molecule has 1 aliphatic carbocycles. The molecule has 3 nitrogen and oxygen atoms in total. The maximum atomic E-state index is 5.85. The average molecular weight is 176 g/mol. The summed E-state index contributed by atoms with van der Waals surface area (Å²) in [4.78, 5) is 6.48. The van der Waals surface area contributed by atoms with E-state index in [1.807, 2.05) is 6.07 Å². The Balaban J connectivity index is 2.05. The van der Waals surface area contributed by atoms with Crippen molar-refractivity contribution in [2.75, 3.05) is 18.5 Å². The molecule has 2 heterocycles. The molecule has 68 valence electrons. The lowest BCUT2D eigenvalue weighted by Crippen LogP contribution is -2.39. The number of hydrogen-bond donors (Lipinski definition) is 0. The molecule has 13 heavy (non-hydrogen) atoms. The maximum Gasteiger partial charge on any atom is 0.238 e. The van der Waals surface area contributed by atoms with Crippen molar-refractivity contribution >= 4 is 5.69 Å². The van der Waals surface area contributed by atoms with Crippen molar-refractivity contribution in [3.63, 3.8) is 0 Å². The highest BCUT2D eigenvalue weighted by Crippen LogP contribution is 2.46. The fourth-order valence-corrected chi connectivity index (χ4v) is 1.91. The van der Waals surface area contributed by atoms with Crippen molar-refractivity contribution in [2.24, 2.45) is 0 Å². The molecule has 0 amide bonds. The lowest BCUT2D eigenvalue weighted by molar-refractivity contribution is 0.166. The summed E-state index contributed by atoms with van der Waals surface area (Å²) in [5.74, 6) is 0.800. The van der Waals surface area contributed by atoms with Crippen LogP contribution in [-0.2, 0) is 0 Å². The summed E-state index contributed by atoms with van der Waals surface area (Å²) in [5, 5.41) is 0. The van der Waals surface area contributed by atoms with E-state index in [1.54, 1.807) is 6.20 Å². The molecule has 1 aromatic rings. The molecule has 1 spiro atoms. The van der Waals surface area contributed by atoms with Gasteiger partial charge in [-0.05, 0) is 25.0 Å². The number of aromatic nitrogens is 1. The summed E-state index contributed by atoms with van der Waals surface area (Å²) >= 11 is 0. The molecular weight excluding hydrogens is 164 g/mol. The van der Waals surface area contributed by atoms with Crippen molar-refractivity contribution in [3.05, 3.63) is 18.3 Å². The molecule has 0 unspecified atom stereocenters. The van der Waals surface area contributed by atoms with Crippen LogP contribution < -0.4 is 9.64 Å². The number of pyridine rings is 1. The van der Waals surface area contributed by atoms with Crippen molar-refractivity contribution in [2.45, 2.75) is 18.4 Å². The summed E-state index contributed by atoms with van der Waals surface area (Å²) in [6.45, 7) is 1.01. The van der Waals surface area contributed by atoms with Crippen LogP contribution in [0.2, 0.25) is 0 Å². The molecule has 1 fully saturated rings. The highest BCUT2D eigenvalue weighted by molar-refractivity contribution is 5.57. The molecule has 3 rings (SSSR count). The van der Waals surface area contributed by atoms with Gasteiger partial charge in [0.15, 0.2) is 0 Å². The van der Waals surface area contributed by atoms with Gasteiger partial charge < -0.3 is 9.64 Å². The van der Waals surface area contributed by atoms with E-state index >= 15 is 0 Å². The monoisotopic (exact) mass is 176 g/mol. The van der Waals surface area contributed by atoms with Gasteiger partial charge in [0.25, 0.3) is 0 Å². The van der Waals surface area contributed by atoms with Gasteiger partial charge in [0.05, 0.1) is 12.2 Å². The van der Waals surface area contributed by atoms with E-state index < -0.39 is 0 Å². The number of hydrogen-bond acceptors (Lipinski definition) is 3. The van der Waals surface area contributed by atoms with Crippen molar-refractivity contribution in [1.29, 1.82) is 0 Å². The van der Waals surface area contributed by atoms with Gasteiger partial charge in [0, 0.05) is 13.2 Å². The first-order chi connectivity index (χ1) is 6.29. The molecule has 0 bridgehead atoms. The van der Waals surface area contributed by atoms with Crippen LogP contribution in [0.25, 0.3) is 0 Å². The van der Waals surface area contributed by atoms with Gasteiger partial charge >= 0.3 is 0 Å². The SMILES string of the molecule is CN1CC2(CC2)Oc2ncccc21. The second-order valence-corrected chi connectivity index (χ2v) is 3.97. The zero-order chi connectivity index (χ0) is 8.89. The number of fused-ring (bicyclic) bond motifs is 1. The van der Waals surface area contributed by atoms with Gasteiger partial charge in [-0.3, -0.25) is 0 Å². The number of rotatable bonds is 0. The zero-order valence-electron chi connectivity index (χ0n) is 7.66. The van der Waals surface area contributed by atoms with Crippen molar-refractivity contribution < 1.29 is 4.74 Å². The smallest absolute Gasteiger partial charge is 0.238 e. The molecule has 0 radical (unpaired) electrons. The second-order valence-electron chi connectivity index (χ2n) is 3.97. The van der Waals surface area contributed by atoms with Crippen LogP contribution >= 0.6 is 0 Å². The summed E-state index contributed by atoms with van der Waals surface area (Å²) in [6, 6.07) is 4.00. The van der Waals surface area contributed by atoms with Crippen LogP contribution in [0.15, 0.2) is 18.3 Å². The molecule has 0 atom stereocenters. The van der Waals surface area contributed by atoms with Gasteiger partial charge in [0.2, 0.25) is 5.88 Å². The van der Waals surface area contributed by atoms with Crippen LogP contribution in [0.3, 0.4) is 0 Å². The van der Waals surface area contributed by atoms with E-state index in [-0.39, 0.29) is 5.60 Å². The Morgan fingerprint density at radius 2 is 2.38 bits per heavy atom. The minimum atomic E-state index is 0.107. The summed E-state index contributed by atoms with van der Waals surface area (Å²) < 4.78 is 5.85. The number of ether oxygens (including phenoxy) is 1. The van der Waals surface area contributed by atoms with Gasteiger partial charge in [-0.1, -0.05) is 0 Å². The first kappa shape index (κ1) is 7.18. The van der Waals surface area contributed by atoms with Crippen LogP contribution in [0.4, 0.5) is 5.69 Å². The van der Waals surface area contributed by atoms with Crippen molar-refractivity contribution in [1.82, 2.24) is 4.98 Å². The predicted molar refractivity (Wildman–Crippen MR) is 50.1 cm³/mol. The van der Waals surface area contributed by atoms with Crippen LogP contribution in [0.5, 0.6) is 5.88 Å². The normalized spacial score (nSPS) is 22.4. The maximum absolute atomic E-state index is 5.85. The molecule has 0 aromatic carbocycles. The molecule has 1 saturated carbocycles. The Labute approximate surface area is 77.3 Å². The fourth-order valence-electron chi connectivity index (χ4n) is 1.91. The van der Waals surface area contributed by atoms with Gasteiger partial charge in [-0.15, -0.1) is 0 Å². The topological polar surface area (TPSA) is 25.4 Å². The third-order valence-electron chi connectivity index (χ3n) is 2.81. The lowest BCUT2D eigenvalue weighted by Gasteiger charge is -2.32. The van der Waals surface area contributed by atoms with Crippen LogP contribution in [0.1, 0.15) is 12.8 Å². The standard InChI is InChI=1S/C10H12N2O/c1-12-7-10(4-5-10)13-9-8(12)3-2-6-11-9/h2-3,6H,4-5,7H2,1H3. The van der Waals surface area contributed by atoms with E-state index in [1.165, 1.54) is 12.8 Å². The third-order valence-corrected chi connectivity index (χ3v) is 2.81. The Bertz CT molecular complexity index is 347. The molecule has 1 aromatic heterocycles. The molecule has 1 aliphatic heterocycles. The Morgan fingerprint density at radius 1 is 1.54 bits per heavy atom. The average Bonchev–Trinajstić information content (AvgIpc) is 2.85. The molecule has 3 heteroatoms. The Morgan fingerprint density at radius 3 is 3.15 bits per heavy atom. The predicted octanol–water partition coefficient (Wildman–Crippen LogP) is 1.44. The molecular formula is C10H12N2O. The van der Waals surface area contributed by atoms with Gasteiger partial charge in [0.1, 0.15) is 5.60 Å². The van der Waals surface area contributed by atoms with Crippen LogP contribution in [-0.4, -0.2) is 24.2 Å². The molecule has 0 N–H and O–H groups in total. The quantitative estimate of drug-likeness (QED) is 0.598. The second kappa shape index (κ2) is 2.16. The Hall–Kier alpha value is -1.25. The first-order valence-electron chi connectivity index (χ1n) is 4.64. The molecule has 2 aliphatic rings. The van der Waals surface area contributed by atoms with Crippen LogP contribution in [0, 0.1) is 0 Å². The largest absolute Gasteiger partial charge is 0.468 e. The minimum absolute atomic E-state index is 0.107. The lowest BCUT2D eigenvalue weighted by atomic mass is 10.2. The minimum Gasteiger partial charge on any atom is -0.468 e. The van der Waals surface area contributed by atoms with E-state index in [0.717, 1.165) is 18.1 Å². The number of likely N-dealkylation sites (N-methyl/N-ethyl adjacent to an activating group) is 1. The van der Waals surface area contributed by atoms with E-state index in [2.05, 4.69) is 23.0 Å². The number of nitrogens with zero attached hydrogens (tertiary/aromatic N) is 2. The van der Waals surface area contributed by atoms with Gasteiger partial charge in [-0.25, -0.2) is 4.98 Å². The fraction of sp³-hybridized carbons (Fsp3) is 0.500. The summed E-state index contributed by atoms with van der Waals surface area (Å²) in [7, 11) is 2.10. The highest BCUT2D eigenvalue weighted by atomic mass is 16.5. The Kier molecular flexibility index (Phi) is 1.19. The highest BCUT2D eigenvalue weighted by Gasteiger charge is 2.49. The van der Waals surface area contributed by atoms with Crippen molar-refractivity contribution in [3.8, 4) is 5.88 Å². The first-order valence-corrected chi connectivity index (χ1v) is 4.64. The van der Waals surface area contributed by atoms with E-state index in [4.69, 9.17) is 4.74 Å². The molecule has 0 saturated heterocycles. The zero-order valence-corrected chi connectivity index (χ0v) is 7.66. The van der Waals surface area contributed by atoms with Gasteiger partial charge in [-0.2, -0.15) is 0 Å². The summed E-state index contributed by atoms with van der Waals surface area (Å²) in [5.41, 5.74) is 1.22.